The number of nitrogens with zero attached hydrogens (tertiary/aromatic N) is 3. The SMILES string of the molecule is CCCCCC[n+]1ccc(-c2c[n+]3ccc(-c4ccccc4)cc3n2C)cc1. The van der Waals surface area contributed by atoms with Crippen molar-refractivity contribution in [1.82, 2.24) is 4.57 Å². The Kier molecular flexibility index (Phi) is 5.52. The van der Waals surface area contributed by atoms with Gasteiger partial charge in [-0.25, -0.2) is 13.5 Å². The van der Waals surface area contributed by atoms with E-state index in [1.165, 1.54) is 53.7 Å². The molecule has 0 bridgehead atoms. The molecule has 0 spiro atoms. The molecule has 3 heteroatoms. The molecule has 3 nitrogen and oxygen atoms in total. The molecular weight excluding hydrogens is 342 g/mol. The van der Waals surface area contributed by atoms with E-state index in [9.17, 15) is 0 Å². The Hall–Kier alpha value is -2.94. The van der Waals surface area contributed by atoms with Crippen LogP contribution in [0.4, 0.5) is 0 Å². The van der Waals surface area contributed by atoms with Crippen molar-refractivity contribution in [3.8, 4) is 22.4 Å². The molecule has 0 amide bonds. The van der Waals surface area contributed by atoms with Gasteiger partial charge in [-0.1, -0.05) is 50.1 Å². The minimum absolute atomic E-state index is 1.10. The summed E-state index contributed by atoms with van der Waals surface area (Å²) in [4.78, 5) is 0. The fraction of sp³-hybridized carbons (Fsp3) is 0.280. The van der Waals surface area contributed by atoms with E-state index in [1.54, 1.807) is 0 Å². The first-order valence-electron chi connectivity index (χ1n) is 10.3. The number of aryl methyl sites for hydroxylation is 2. The van der Waals surface area contributed by atoms with Crippen molar-refractivity contribution < 1.29 is 8.97 Å². The number of imidazole rings is 1. The molecule has 0 saturated carbocycles. The summed E-state index contributed by atoms with van der Waals surface area (Å²) >= 11 is 0. The van der Waals surface area contributed by atoms with Crippen LogP contribution >= 0.6 is 0 Å². The van der Waals surface area contributed by atoms with Crippen LogP contribution in [-0.4, -0.2) is 4.57 Å². The average molecular weight is 372 g/mol. The van der Waals surface area contributed by atoms with Crippen molar-refractivity contribution in [1.29, 1.82) is 0 Å². The van der Waals surface area contributed by atoms with Crippen LogP contribution in [0, 0.1) is 0 Å². The summed E-state index contributed by atoms with van der Waals surface area (Å²) in [5, 5.41) is 0. The van der Waals surface area contributed by atoms with Crippen LogP contribution in [-0.2, 0) is 13.6 Å². The molecule has 0 unspecified atom stereocenters. The number of hydrogen-bond donors (Lipinski definition) is 0. The second kappa shape index (κ2) is 8.39. The number of aromatic nitrogens is 3. The molecular formula is C25H29N3+2. The predicted octanol–water partition coefficient (Wildman–Crippen LogP) is 4.97. The van der Waals surface area contributed by atoms with Crippen molar-refractivity contribution in [2.24, 2.45) is 7.05 Å². The lowest BCUT2D eigenvalue weighted by molar-refractivity contribution is -0.697. The number of rotatable bonds is 7. The largest absolute Gasteiger partial charge is 0.287 e. The smallest absolute Gasteiger partial charge is 0.226 e. The normalized spacial score (nSPS) is 11.2. The van der Waals surface area contributed by atoms with Crippen molar-refractivity contribution in [3.05, 3.63) is 79.4 Å². The second-order valence-electron chi connectivity index (χ2n) is 7.51. The minimum atomic E-state index is 1.10. The van der Waals surface area contributed by atoms with E-state index in [2.05, 4.69) is 107 Å². The zero-order valence-electron chi connectivity index (χ0n) is 16.9. The van der Waals surface area contributed by atoms with Gasteiger partial charge in [0.15, 0.2) is 18.1 Å². The molecule has 4 rings (SSSR count). The average Bonchev–Trinajstić information content (AvgIpc) is 3.08. The molecule has 0 aliphatic carbocycles. The quantitative estimate of drug-likeness (QED) is 0.322. The van der Waals surface area contributed by atoms with Gasteiger partial charge in [-0.15, -0.1) is 0 Å². The summed E-state index contributed by atoms with van der Waals surface area (Å²) in [5.41, 5.74) is 6.15. The van der Waals surface area contributed by atoms with Gasteiger partial charge in [-0.05, 0) is 23.6 Å². The standard InChI is InChI=1S/C25H29N3/c1-3-4-5-9-15-27-16-12-22(13-17-27)24-20-28-18-14-23(19-25(28)26(24)2)21-10-7-6-8-11-21/h6-8,10-14,16-20H,3-5,9,15H2,1-2H3/q+2. The van der Waals surface area contributed by atoms with Crippen LogP contribution in [0.5, 0.6) is 0 Å². The maximum Gasteiger partial charge on any atom is 0.287 e. The van der Waals surface area contributed by atoms with Gasteiger partial charge >= 0.3 is 0 Å². The van der Waals surface area contributed by atoms with Crippen LogP contribution in [0.1, 0.15) is 32.6 Å². The summed E-state index contributed by atoms with van der Waals surface area (Å²) in [6.07, 6.45) is 14.0. The van der Waals surface area contributed by atoms with Crippen molar-refractivity contribution in [2.45, 2.75) is 39.2 Å². The van der Waals surface area contributed by atoms with Crippen molar-refractivity contribution in [2.75, 3.05) is 0 Å². The summed E-state index contributed by atoms with van der Waals surface area (Å²) in [6.45, 7) is 3.36. The Morgan fingerprint density at radius 2 is 1.54 bits per heavy atom. The maximum atomic E-state index is 2.29. The minimum Gasteiger partial charge on any atom is -0.226 e. The zero-order chi connectivity index (χ0) is 19.3. The molecule has 3 heterocycles. The van der Waals surface area contributed by atoms with Gasteiger partial charge in [0, 0.05) is 30.2 Å². The molecule has 3 aromatic heterocycles. The summed E-state index contributed by atoms with van der Waals surface area (Å²) < 4.78 is 6.77. The highest BCUT2D eigenvalue weighted by molar-refractivity contribution is 5.67. The summed E-state index contributed by atoms with van der Waals surface area (Å²) in [6, 6.07) is 19.5. The predicted molar refractivity (Wildman–Crippen MR) is 114 cm³/mol. The van der Waals surface area contributed by atoms with Gasteiger partial charge in [0.2, 0.25) is 0 Å². The molecule has 0 atom stereocenters. The fourth-order valence-electron chi connectivity index (χ4n) is 3.80. The van der Waals surface area contributed by atoms with Crippen molar-refractivity contribution >= 4 is 5.65 Å². The third-order valence-electron chi connectivity index (χ3n) is 5.49. The highest BCUT2D eigenvalue weighted by Gasteiger charge is 2.17. The van der Waals surface area contributed by atoms with E-state index in [0.717, 1.165) is 6.54 Å². The van der Waals surface area contributed by atoms with Crippen LogP contribution in [0.15, 0.2) is 79.4 Å². The second-order valence-corrected chi connectivity index (χ2v) is 7.51. The molecule has 0 N–H and O–H groups in total. The van der Waals surface area contributed by atoms with Crippen LogP contribution in [0.2, 0.25) is 0 Å². The molecule has 0 radical (unpaired) electrons. The van der Waals surface area contributed by atoms with Gasteiger partial charge in [0.05, 0.1) is 13.2 Å². The first-order chi connectivity index (χ1) is 13.8. The van der Waals surface area contributed by atoms with Crippen LogP contribution in [0.3, 0.4) is 0 Å². The maximum absolute atomic E-state index is 2.29. The molecule has 28 heavy (non-hydrogen) atoms. The molecule has 0 fully saturated rings. The molecule has 142 valence electrons. The first kappa shape index (κ1) is 18.4. The monoisotopic (exact) mass is 371 g/mol. The van der Waals surface area contributed by atoms with Crippen LogP contribution < -0.4 is 8.97 Å². The fourth-order valence-corrected chi connectivity index (χ4v) is 3.80. The number of unbranched alkanes of at least 4 members (excludes halogenated alkanes) is 3. The van der Waals surface area contributed by atoms with E-state index >= 15 is 0 Å². The van der Waals surface area contributed by atoms with E-state index in [4.69, 9.17) is 0 Å². The van der Waals surface area contributed by atoms with E-state index in [0.29, 0.717) is 0 Å². The lowest BCUT2D eigenvalue weighted by Gasteiger charge is -2.00. The number of benzene rings is 1. The van der Waals surface area contributed by atoms with Gasteiger partial charge in [-0.2, -0.15) is 0 Å². The van der Waals surface area contributed by atoms with Crippen LogP contribution in [0.25, 0.3) is 28.0 Å². The lowest BCUT2D eigenvalue weighted by Crippen LogP contribution is -2.32. The number of pyridine rings is 2. The molecule has 4 aromatic rings. The number of hydrogen-bond acceptors (Lipinski definition) is 0. The van der Waals surface area contributed by atoms with Gasteiger partial charge in [0.1, 0.15) is 12.7 Å². The lowest BCUT2D eigenvalue weighted by atomic mass is 10.1. The van der Waals surface area contributed by atoms with Crippen molar-refractivity contribution in [3.63, 3.8) is 0 Å². The Balaban J connectivity index is 1.59. The topological polar surface area (TPSA) is 12.9 Å². The first-order valence-corrected chi connectivity index (χ1v) is 10.3. The van der Waals surface area contributed by atoms with E-state index in [1.807, 2.05) is 0 Å². The molecule has 0 saturated heterocycles. The van der Waals surface area contributed by atoms with Gasteiger partial charge in [-0.3, -0.25) is 0 Å². The Labute approximate surface area is 167 Å². The van der Waals surface area contributed by atoms with Gasteiger partial charge < -0.3 is 0 Å². The Bertz CT molecular complexity index is 1050. The van der Waals surface area contributed by atoms with Gasteiger partial charge in [0.25, 0.3) is 5.65 Å². The Morgan fingerprint density at radius 3 is 2.29 bits per heavy atom. The Morgan fingerprint density at radius 1 is 0.786 bits per heavy atom. The zero-order valence-corrected chi connectivity index (χ0v) is 16.9. The molecule has 0 aliphatic heterocycles. The third kappa shape index (κ3) is 3.84. The summed E-state index contributed by atoms with van der Waals surface area (Å²) in [5.74, 6) is 0. The van der Waals surface area contributed by atoms with E-state index < -0.39 is 0 Å². The molecule has 1 aromatic carbocycles. The molecule has 0 aliphatic rings. The summed E-state index contributed by atoms with van der Waals surface area (Å²) in [7, 11) is 2.14. The third-order valence-corrected chi connectivity index (χ3v) is 5.49. The highest BCUT2D eigenvalue weighted by atomic mass is 15.1. The highest BCUT2D eigenvalue weighted by Crippen LogP contribution is 2.22. The number of fused-ring (bicyclic) bond motifs is 1. The van der Waals surface area contributed by atoms with E-state index in [-0.39, 0.29) is 0 Å².